The summed E-state index contributed by atoms with van der Waals surface area (Å²) in [5.41, 5.74) is 3.18. The van der Waals surface area contributed by atoms with Crippen molar-refractivity contribution in [3.63, 3.8) is 0 Å². The summed E-state index contributed by atoms with van der Waals surface area (Å²) >= 11 is 0. The lowest BCUT2D eigenvalue weighted by molar-refractivity contribution is 0.0943. The average Bonchev–Trinajstić information content (AvgIpc) is 3.21. The standard InChI is InChI=1S/C22H23N3O3/c1-14(2)17-9-4-7-15(3)20(17)25-22(27)19-11-5-10-18(24-19)21(26)23-13-16-8-6-12-28-16/h4-12,14H,13H2,1-3H3,(H,23,26)(H,25,27). The Kier molecular flexibility index (Phi) is 5.89. The van der Waals surface area contributed by atoms with Crippen LogP contribution in [0, 0.1) is 6.92 Å². The molecule has 6 heteroatoms. The number of hydrogen-bond donors (Lipinski definition) is 2. The average molecular weight is 377 g/mol. The molecule has 0 fully saturated rings. The Morgan fingerprint density at radius 1 is 1.00 bits per heavy atom. The molecule has 2 heterocycles. The molecule has 0 radical (unpaired) electrons. The van der Waals surface area contributed by atoms with Gasteiger partial charge in [-0.1, -0.05) is 38.1 Å². The van der Waals surface area contributed by atoms with Crippen molar-refractivity contribution in [1.29, 1.82) is 0 Å². The van der Waals surface area contributed by atoms with Gasteiger partial charge in [0.25, 0.3) is 11.8 Å². The zero-order valence-corrected chi connectivity index (χ0v) is 16.2. The molecule has 144 valence electrons. The molecule has 0 unspecified atom stereocenters. The number of anilines is 1. The van der Waals surface area contributed by atoms with Crippen molar-refractivity contribution in [2.75, 3.05) is 5.32 Å². The number of furan rings is 1. The summed E-state index contributed by atoms with van der Waals surface area (Å²) in [7, 11) is 0. The van der Waals surface area contributed by atoms with E-state index in [9.17, 15) is 9.59 Å². The maximum absolute atomic E-state index is 12.7. The highest BCUT2D eigenvalue weighted by Crippen LogP contribution is 2.27. The molecule has 0 bridgehead atoms. The van der Waals surface area contributed by atoms with Crippen molar-refractivity contribution in [3.8, 4) is 0 Å². The monoisotopic (exact) mass is 377 g/mol. The summed E-state index contributed by atoms with van der Waals surface area (Å²) in [6.07, 6.45) is 1.54. The van der Waals surface area contributed by atoms with Crippen molar-refractivity contribution in [3.05, 3.63) is 83.1 Å². The Morgan fingerprint density at radius 3 is 2.39 bits per heavy atom. The Morgan fingerprint density at radius 2 is 1.71 bits per heavy atom. The summed E-state index contributed by atoms with van der Waals surface area (Å²) in [6, 6.07) is 14.3. The first-order valence-corrected chi connectivity index (χ1v) is 9.14. The van der Waals surface area contributed by atoms with Gasteiger partial charge in [-0.3, -0.25) is 9.59 Å². The Bertz CT molecular complexity index is 978. The first kappa shape index (κ1) is 19.4. The van der Waals surface area contributed by atoms with Crippen LogP contribution in [-0.4, -0.2) is 16.8 Å². The molecule has 1 aromatic carbocycles. The summed E-state index contributed by atoms with van der Waals surface area (Å²) in [4.78, 5) is 29.3. The van der Waals surface area contributed by atoms with E-state index in [-0.39, 0.29) is 35.7 Å². The van der Waals surface area contributed by atoms with E-state index in [1.165, 1.54) is 0 Å². The Labute approximate surface area is 164 Å². The van der Waals surface area contributed by atoms with E-state index in [0.29, 0.717) is 5.76 Å². The second kappa shape index (κ2) is 8.52. The number of aromatic nitrogens is 1. The first-order valence-electron chi connectivity index (χ1n) is 9.14. The van der Waals surface area contributed by atoms with Gasteiger partial charge >= 0.3 is 0 Å². The molecule has 3 rings (SSSR count). The fraction of sp³-hybridized carbons (Fsp3) is 0.227. The van der Waals surface area contributed by atoms with Gasteiger partial charge in [0.1, 0.15) is 17.1 Å². The second-order valence-corrected chi connectivity index (χ2v) is 6.82. The van der Waals surface area contributed by atoms with E-state index in [1.807, 2.05) is 25.1 Å². The smallest absolute Gasteiger partial charge is 0.274 e. The van der Waals surface area contributed by atoms with Gasteiger partial charge in [0, 0.05) is 5.69 Å². The van der Waals surface area contributed by atoms with Gasteiger partial charge in [-0.05, 0) is 48.2 Å². The van der Waals surface area contributed by atoms with E-state index in [0.717, 1.165) is 16.8 Å². The summed E-state index contributed by atoms with van der Waals surface area (Å²) in [6.45, 7) is 6.36. The van der Waals surface area contributed by atoms with E-state index in [4.69, 9.17) is 4.42 Å². The molecule has 2 aromatic heterocycles. The van der Waals surface area contributed by atoms with Gasteiger partial charge in [-0.2, -0.15) is 0 Å². The van der Waals surface area contributed by atoms with Crippen molar-refractivity contribution in [1.82, 2.24) is 10.3 Å². The van der Waals surface area contributed by atoms with Crippen LogP contribution in [0.1, 0.15) is 57.6 Å². The van der Waals surface area contributed by atoms with Gasteiger partial charge in [0.05, 0.1) is 12.8 Å². The van der Waals surface area contributed by atoms with Gasteiger partial charge < -0.3 is 15.1 Å². The van der Waals surface area contributed by atoms with E-state index in [2.05, 4.69) is 29.5 Å². The molecule has 2 amide bonds. The minimum atomic E-state index is -0.371. The normalized spacial score (nSPS) is 10.7. The van der Waals surface area contributed by atoms with Crippen LogP contribution in [0.3, 0.4) is 0 Å². The van der Waals surface area contributed by atoms with E-state index < -0.39 is 0 Å². The lowest BCUT2D eigenvalue weighted by Crippen LogP contribution is -2.25. The number of nitrogens with zero attached hydrogens (tertiary/aromatic N) is 1. The number of carbonyl (C=O) groups is 2. The van der Waals surface area contributed by atoms with Crippen LogP contribution in [0.25, 0.3) is 0 Å². The van der Waals surface area contributed by atoms with Gasteiger partial charge in [0.15, 0.2) is 0 Å². The lowest BCUT2D eigenvalue weighted by atomic mass is 9.98. The fourth-order valence-electron chi connectivity index (χ4n) is 2.88. The largest absolute Gasteiger partial charge is 0.467 e. The number of benzene rings is 1. The molecular formula is C22H23N3O3. The number of aryl methyl sites for hydroxylation is 1. The van der Waals surface area contributed by atoms with Gasteiger partial charge in [-0.25, -0.2) is 4.98 Å². The molecule has 2 N–H and O–H groups in total. The van der Waals surface area contributed by atoms with Crippen LogP contribution in [0.5, 0.6) is 0 Å². The third-order valence-corrected chi connectivity index (χ3v) is 4.38. The van der Waals surface area contributed by atoms with Crippen LogP contribution < -0.4 is 10.6 Å². The number of carbonyl (C=O) groups excluding carboxylic acids is 2. The molecule has 6 nitrogen and oxygen atoms in total. The van der Waals surface area contributed by atoms with Crippen LogP contribution in [-0.2, 0) is 6.54 Å². The molecule has 28 heavy (non-hydrogen) atoms. The number of para-hydroxylation sites is 1. The first-order chi connectivity index (χ1) is 13.5. The maximum Gasteiger partial charge on any atom is 0.274 e. The fourth-order valence-corrected chi connectivity index (χ4v) is 2.88. The predicted molar refractivity (Wildman–Crippen MR) is 107 cm³/mol. The van der Waals surface area contributed by atoms with Crippen molar-refractivity contribution >= 4 is 17.5 Å². The topological polar surface area (TPSA) is 84.2 Å². The Hall–Kier alpha value is -3.41. The predicted octanol–water partition coefficient (Wildman–Crippen LogP) is 4.29. The SMILES string of the molecule is Cc1cccc(C(C)C)c1NC(=O)c1cccc(C(=O)NCc2ccco2)n1. The molecule has 0 saturated carbocycles. The molecule has 0 spiro atoms. The van der Waals surface area contributed by atoms with Crippen molar-refractivity contribution < 1.29 is 14.0 Å². The third kappa shape index (κ3) is 4.46. The molecule has 0 saturated heterocycles. The van der Waals surface area contributed by atoms with E-state index >= 15 is 0 Å². The lowest BCUT2D eigenvalue weighted by Gasteiger charge is -2.16. The maximum atomic E-state index is 12.7. The molecule has 0 aliphatic heterocycles. The highest BCUT2D eigenvalue weighted by atomic mass is 16.3. The van der Waals surface area contributed by atoms with Crippen LogP contribution in [0.2, 0.25) is 0 Å². The Balaban J connectivity index is 1.75. The van der Waals surface area contributed by atoms with Crippen LogP contribution >= 0.6 is 0 Å². The molecule has 3 aromatic rings. The number of nitrogens with one attached hydrogen (secondary N) is 2. The molecule has 0 atom stereocenters. The number of hydrogen-bond acceptors (Lipinski definition) is 4. The molecule has 0 aliphatic rings. The zero-order chi connectivity index (χ0) is 20.1. The number of pyridine rings is 1. The van der Waals surface area contributed by atoms with Gasteiger partial charge in [0.2, 0.25) is 0 Å². The van der Waals surface area contributed by atoms with Crippen molar-refractivity contribution in [2.24, 2.45) is 0 Å². The van der Waals surface area contributed by atoms with Crippen LogP contribution in [0.15, 0.2) is 59.2 Å². The second-order valence-electron chi connectivity index (χ2n) is 6.82. The number of amides is 2. The summed E-state index contributed by atoms with van der Waals surface area (Å²) < 4.78 is 5.19. The van der Waals surface area contributed by atoms with Gasteiger partial charge in [-0.15, -0.1) is 0 Å². The van der Waals surface area contributed by atoms with E-state index in [1.54, 1.807) is 36.6 Å². The summed E-state index contributed by atoms with van der Waals surface area (Å²) in [5.74, 6) is 0.187. The number of rotatable bonds is 6. The van der Waals surface area contributed by atoms with Crippen LogP contribution in [0.4, 0.5) is 5.69 Å². The summed E-state index contributed by atoms with van der Waals surface area (Å²) in [5, 5.41) is 5.67. The van der Waals surface area contributed by atoms with Crippen molar-refractivity contribution in [2.45, 2.75) is 33.2 Å². The quantitative estimate of drug-likeness (QED) is 0.671. The highest BCUT2D eigenvalue weighted by molar-refractivity contribution is 6.04. The molecule has 0 aliphatic carbocycles. The third-order valence-electron chi connectivity index (χ3n) is 4.38. The minimum absolute atomic E-state index is 0.174. The minimum Gasteiger partial charge on any atom is -0.467 e. The molecular weight excluding hydrogens is 354 g/mol. The highest BCUT2D eigenvalue weighted by Gasteiger charge is 2.16. The zero-order valence-electron chi connectivity index (χ0n) is 16.2.